The molecule has 22 heavy (non-hydrogen) atoms. The van der Waals surface area contributed by atoms with Crippen LogP contribution in [0.3, 0.4) is 0 Å². The zero-order valence-corrected chi connectivity index (χ0v) is 12.6. The van der Waals surface area contributed by atoms with E-state index in [0.717, 1.165) is 22.2 Å². The van der Waals surface area contributed by atoms with Gasteiger partial charge >= 0.3 is 0 Å². The lowest BCUT2D eigenvalue weighted by molar-refractivity contribution is 0.0976. The van der Waals surface area contributed by atoms with Gasteiger partial charge in [-0.25, -0.2) is 0 Å². The first-order chi connectivity index (χ1) is 10.6. The Morgan fingerprint density at radius 2 is 1.82 bits per heavy atom. The second kappa shape index (κ2) is 5.50. The smallest absolute Gasteiger partial charge is 0.185 e. The van der Waals surface area contributed by atoms with Crippen LogP contribution in [0, 0.1) is 18.3 Å². The summed E-state index contributed by atoms with van der Waals surface area (Å²) in [4.78, 5) is 12.7. The van der Waals surface area contributed by atoms with Gasteiger partial charge in [-0.1, -0.05) is 48.0 Å². The number of nitrogens with zero attached hydrogens (tertiary/aromatic N) is 2. The highest BCUT2D eigenvalue weighted by Gasteiger charge is 2.25. The van der Waals surface area contributed by atoms with Crippen molar-refractivity contribution < 1.29 is 4.79 Å². The van der Waals surface area contributed by atoms with E-state index >= 15 is 0 Å². The molecule has 1 aromatic heterocycles. The van der Waals surface area contributed by atoms with Crippen molar-refractivity contribution in [3.05, 3.63) is 71.4 Å². The van der Waals surface area contributed by atoms with Gasteiger partial charge in [0.1, 0.15) is 5.92 Å². The Morgan fingerprint density at radius 1 is 1.14 bits per heavy atom. The van der Waals surface area contributed by atoms with Gasteiger partial charge in [-0.05, 0) is 24.4 Å². The maximum atomic E-state index is 12.7. The van der Waals surface area contributed by atoms with E-state index in [1.165, 1.54) is 0 Å². The molecule has 0 aliphatic carbocycles. The fourth-order valence-corrected chi connectivity index (χ4v) is 2.73. The first-order valence-corrected chi connectivity index (χ1v) is 7.16. The summed E-state index contributed by atoms with van der Waals surface area (Å²) in [5, 5.41) is 10.6. The van der Waals surface area contributed by atoms with Gasteiger partial charge in [0, 0.05) is 23.8 Å². The average Bonchev–Trinajstić information content (AvgIpc) is 2.86. The van der Waals surface area contributed by atoms with Crippen molar-refractivity contribution in [2.45, 2.75) is 12.8 Å². The number of Topliss-reactive ketones (excluding diaryl/α,β-unsaturated/α-hetero) is 1. The maximum Gasteiger partial charge on any atom is 0.185 e. The molecule has 108 valence electrons. The molecule has 0 radical (unpaired) electrons. The van der Waals surface area contributed by atoms with Crippen LogP contribution in [0.4, 0.5) is 0 Å². The minimum Gasteiger partial charge on any atom is -0.346 e. The molecule has 0 saturated carbocycles. The van der Waals surface area contributed by atoms with E-state index in [-0.39, 0.29) is 5.78 Å². The summed E-state index contributed by atoms with van der Waals surface area (Å²) in [7, 11) is 1.89. The third kappa shape index (κ3) is 2.29. The SMILES string of the molecule is Cc1ccc(C(=O)C(C#N)c2cc3ccccc3n2C)cc1. The van der Waals surface area contributed by atoms with Crippen molar-refractivity contribution >= 4 is 16.7 Å². The quantitative estimate of drug-likeness (QED) is 0.684. The molecule has 1 atom stereocenters. The van der Waals surface area contributed by atoms with E-state index in [1.54, 1.807) is 12.1 Å². The lowest BCUT2D eigenvalue weighted by Crippen LogP contribution is -2.14. The van der Waals surface area contributed by atoms with Gasteiger partial charge in [0.25, 0.3) is 0 Å². The first-order valence-electron chi connectivity index (χ1n) is 7.16. The average molecular weight is 288 g/mol. The van der Waals surface area contributed by atoms with E-state index in [1.807, 2.05) is 61.0 Å². The fraction of sp³-hybridized carbons (Fsp3) is 0.158. The van der Waals surface area contributed by atoms with Crippen LogP contribution in [0.5, 0.6) is 0 Å². The van der Waals surface area contributed by atoms with Crippen LogP contribution in [0.15, 0.2) is 54.6 Å². The van der Waals surface area contributed by atoms with Crippen molar-refractivity contribution in [3.8, 4) is 6.07 Å². The topological polar surface area (TPSA) is 45.8 Å². The number of carbonyl (C=O) groups excluding carboxylic acids is 1. The van der Waals surface area contributed by atoms with Crippen LogP contribution >= 0.6 is 0 Å². The molecule has 0 spiro atoms. The number of ketones is 1. The van der Waals surface area contributed by atoms with Gasteiger partial charge in [-0.2, -0.15) is 5.26 Å². The van der Waals surface area contributed by atoms with Crippen LogP contribution in [0.1, 0.15) is 27.5 Å². The van der Waals surface area contributed by atoms with E-state index < -0.39 is 5.92 Å². The highest BCUT2D eigenvalue weighted by molar-refractivity contribution is 6.03. The third-order valence-corrected chi connectivity index (χ3v) is 4.01. The van der Waals surface area contributed by atoms with Gasteiger partial charge in [0.15, 0.2) is 5.78 Å². The molecule has 3 aromatic rings. The Labute approximate surface area is 129 Å². The summed E-state index contributed by atoms with van der Waals surface area (Å²) >= 11 is 0. The molecule has 2 aromatic carbocycles. The largest absolute Gasteiger partial charge is 0.346 e. The molecule has 0 bridgehead atoms. The first kappa shape index (κ1) is 14.1. The standard InChI is InChI=1S/C19H16N2O/c1-13-7-9-14(10-8-13)19(22)16(12-20)18-11-15-5-3-4-6-17(15)21(18)2/h3-11,16H,1-2H3. The van der Waals surface area contributed by atoms with Gasteiger partial charge in [0.05, 0.1) is 6.07 Å². The van der Waals surface area contributed by atoms with Crippen LogP contribution in [0.25, 0.3) is 10.9 Å². The lowest BCUT2D eigenvalue weighted by Gasteiger charge is -2.10. The number of aromatic nitrogens is 1. The molecule has 0 N–H and O–H groups in total. The van der Waals surface area contributed by atoms with Crippen molar-refractivity contribution in [2.75, 3.05) is 0 Å². The molecule has 0 aliphatic rings. The van der Waals surface area contributed by atoms with E-state index in [4.69, 9.17) is 0 Å². The zero-order chi connectivity index (χ0) is 15.7. The van der Waals surface area contributed by atoms with Crippen molar-refractivity contribution in [3.63, 3.8) is 0 Å². The third-order valence-electron chi connectivity index (χ3n) is 4.01. The van der Waals surface area contributed by atoms with Gasteiger partial charge in [-0.15, -0.1) is 0 Å². The molecule has 0 fully saturated rings. The van der Waals surface area contributed by atoms with Crippen LogP contribution in [-0.4, -0.2) is 10.4 Å². The number of carbonyl (C=O) groups is 1. The van der Waals surface area contributed by atoms with Gasteiger partial charge < -0.3 is 4.57 Å². The normalized spacial score (nSPS) is 12.0. The Bertz CT molecular complexity index is 882. The summed E-state index contributed by atoms with van der Waals surface area (Å²) in [5.41, 5.74) is 3.42. The minimum absolute atomic E-state index is 0.159. The molecule has 0 saturated heterocycles. The molecule has 3 nitrogen and oxygen atoms in total. The fourth-order valence-electron chi connectivity index (χ4n) is 2.73. The number of nitriles is 1. The van der Waals surface area contributed by atoms with Crippen molar-refractivity contribution in [2.24, 2.45) is 7.05 Å². The number of hydrogen-bond donors (Lipinski definition) is 0. The highest BCUT2D eigenvalue weighted by atomic mass is 16.1. The highest BCUT2D eigenvalue weighted by Crippen LogP contribution is 2.27. The number of para-hydroxylation sites is 1. The number of benzene rings is 2. The van der Waals surface area contributed by atoms with E-state index in [2.05, 4.69) is 6.07 Å². The second-order valence-corrected chi connectivity index (χ2v) is 5.48. The maximum absolute atomic E-state index is 12.7. The predicted molar refractivity (Wildman–Crippen MR) is 86.8 cm³/mol. The molecule has 3 rings (SSSR count). The number of rotatable bonds is 3. The van der Waals surface area contributed by atoms with Crippen molar-refractivity contribution in [1.29, 1.82) is 5.26 Å². The van der Waals surface area contributed by atoms with Gasteiger partial charge in [0.2, 0.25) is 0 Å². The van der Waals surface area contributed by atoms with Crippen molar-refractivity contribution in [1.82, 2.24) is 4.57 Å². The Hall–Kier alpha value is -2.86. The van der Waals surface area contributed by atoms with Crippen LogP contribution in [0.2, 0.25) is 0 Å². The summed E-state index contributed by atoms with van der Waals surface area (Å²) in [6.07, 6.45) is 0. The monoisotopic (exact) mass is 288 g/mol. The molecule has 1 unspecified atom stereocenters. The lowest BCUT2D eigenvalue weighted by atomic mass is 9.95. The Kier molecular flexibility index (Phi) is 3.52. The molecular weight excluding hydrogens is 272 g/mol. The van der Waals surface area contributed by atoms with E-state index in [9.17, 15) is 10.1 Å². The summed E-state index contributed by atoms with van der Waals surface area (Å²) in [6, 6.07) is 19.3. The summed E-state index contributed by atoms with van der Waals surface area (Å²) < 4.78 is 1.93. The zero-order valence-electron chi connectivity index (χ0n) is 12.6. The molecule has 3 heteroatoms. The van der Waals surface area contributed by atoms with Crippen LogP contribution in [-0.2, 0) is 7.05 Å². The molecular formula is C19H16N2O. The number of aryl methyl sites for hydroxylation is 2. The summed E-state index contributed by atoms with van der Waals surface area (Å²) in [6.45, 7) is 1.97. The minimum atomic E-state index is -0.792. The van der Waals surface area contributed by atoms with Gasteiger partial charge in [-0.3, -0.25) is 4.79 Å². The Balaban J connectivity index is 2.06. The molecule has 0 amide bonds. The number of hydrogen-bond acceptors (Lipinski definition) is 2. The summed E-state index contributed by atoms with van der Waals surface area (Å²) in [5.74, 6) is -0.950. The molecule has 0 aliphatic heterocycles. The number of fused-ring (bicyclic) bond motifs is 1. The van der Waals surface area contributed by atoms with Crippen LogP contribution < -0.4 is 0 Å². The second-order valence-electron chi connectivity index (χ2n) is 5.48. The van der Waals surface area contributed by atoms with E-state index in [0.29, 0.717) is 5.56 Å². The Morgan fingerprint density at radius 3 is 2.45 bits per heavy atom. The molecule has 1 heterocycles. The predicted octanol–water partition coefficient (Wildman–Crippen LogP) is 3.98.